The predicted octanol–water partition coefficient (Wildman–Crippen LogP) is 1.78. The number of rotatable bonds is 7. The van der Waals surface area contributed by atoms with Crippen LogP contribution in [-0.4, -0.2) is 55.6 Å². The number of hydrogen-bond donors (Lipinski definition) is 3. The second kappa shape index (κ2) is 10.4. The fourth-order valence-corrected chi connectivity index (χ4v) is 3.22. The van der Waals surface area contributed by atoms with Crippen LogP contribution < -0.4 is 20.9 Å². The van der Waals surface area contributed by atoms with Gasteiger partial charge in [0.25, 0.3) is 5.91 Å². The number of benzene rings is 1. The number of aliphatic imine (C=N–C) groups is 1. The first-order valence-corrected chi connectivity index (χ1v) is 9.91. The molecule has 1 atom stereocenters. The van der Waals surface area contributed by atoms with E-state index in [1.807, 2.05) is 30.0 Å². The van der Waals surface area contributed by atoms with Gasteiger partial charge in [-0.25, -0.2) is 9.37 Å². The second-order valence-electron chi connectivity index (χ2n) is 6.77. The lowest BCUT2D eigenvalue weighted by atomic mass is 10.2. The molecule has 29 heavy (non-hydrogen) atoms. The Labute approximate surface area is 170 Å². The average Bonchev–Trinajstić information content (AvgIpc) is 3.20. The van der Waals surface area contributed by atoms with Gasteiger partial charge in [0, 0.05) is 44.0 Å². The zero-order valence-electron chi connectivity index (χ0n) is 16.6. The van der Waals surface area contributed by atoms with Crippen LogP contribution in [-0.2, 0) is 0 Å². The van der Waals surface area contributed by atoms with Gasteiger partial charge in [-0.3, -0.25) is 9.79 Å². The van der Waals surface area contributed by atoms with Crippen molar-refractivity contribution in [3.05, 3.63) is 60.0 Å². The first-order chi connectivity index (χ1) is 14.2. The third-order valence-corrected chi connectivity index (χ3v) is 4.62. The molecule has 1 aliphatic heterocycles. The lowest BCUT2D eigenvalue weighted by molar-refractivity contribution is 0.0955. The van der Waals surface area contributed by atoms with Crippen LogP contribution in [0.4, 0.5) is 10.2 Å². The standard InChI is InChI=1S/C21H27FN6O/c1-2-23-21(26-13-12-25-20(29)16-7-4-3-5-8-16)27-17-10-14-28(15-17)19-18(22)9-6-11-24-19/h3-9,11,17H,2,10,12-15H2,1H3,(H,25,29)(H2,23,26,27). The van der Waals surface area contributed by atoms with E-state index in [0.717, 1.165) is 19.5 Å². The molecule has 2 aromatic rings. The van der Waals surface area contributed by atoms with E-state index in [1.165, 1.54) is 6.07 Å². The molecule has 1 aromatic carbocycles. The van der Waals surface area contributed by atoms with Crippen molar-refractivity contribution in [2.75, 3.05) is 37.6 Å². The molecule has 1 saturated heterocycles. The van der Waals surface area contributed by atoms with E-state index in [9.17, 15) is 9.18 Å². The fraction of sp³-hybridized carbons (Fsp3) is 0.381. The van der Waals surface area contributed by atoms with Crippen molar-refractivity contribution < 1.29 is 9.18 Å². The molecule has 0 aliphatic carbocycles. The van der Waals surface area contributed by atoms with Crippen molar-refractivity contribution in [1.82, 2.24) is 20.9 Å². The third-order valence-electron chi connectivity index (χ3n) is 4.62. The molecule has 2 heterocycles. The summed E-state index contributed by atoms with van der Waals surface area (Å²) in [5.41, 5.74) is 0.634. The molecule has 3 rings (SSSR count). The van der Waals surface area contributed by atoms with Crippen molar-refractivity contribution in [3.63, 3.8) is 0 Å². The molecular formula is C21H27FN6O. The number of nitrogens with zero attached hydrogens (tertiary/aromatic N) is 3. The number of carbonyl (C=O) groups is 1. The molecule has 7 nitrogen and oxygen atoms in total. The molecule has 0 bridgehead atoms. The maximum atomic E-state index is 14.0. The zero-order chi connectivity index (χ0) is 20.5. The van der Waals surface area contributed by atoms with E-state index in [4.69, 9.17) is 0 Å². The molecular weight excluding hydrogens is 371 g/mol. The summed E-state index contributed by atoms with van der Waals surface area (Å²) in [4.78, 5) is 22.7. The Bertz CT molecular complexity index is 829. The van der Waals surface area contributed by atoms with Gasteiger partial charge in [-0.15, -0.1) is 0 Å². The minimum absolute atomic E-state index is 0.109. The third kappa shape index (κ3) is 5.91. The van der Waals surface area contributed by atoms with Gasteiger partial charge < -0.3 is 20.9 Å². The van der Waals surface area contributed by atoms with Gasteiger partial charge in [-0.05, 0) is 37.6 Å². The highest BCUT2D eigenvalue weighted by molar-refractivity contribution is 5.94. The van der Waals surface area contributed by atoms with Crippen LogP contribution in [0.1, 0.15) is 23.7 Å². The van der Waals surface area contributed by atoms with Gasteiger partial charge in [0.2, 0.25) is 0 Å². The average molecular weight is 398 g/mol. The Kier molecular flexibility index (Phi) is 7.38. The van der Waals surface area contributed by atoms with Crippen LogP contribution >= 0.6 is 0 Å². The van der Waals surface area contributed by atoms with Crippen LogP contribution in [0.25, 0.3) is 0 Å². The number of pyridine rings is 1. The monoisotopic (exact) mass is 398 g/mol. The Morgan fingerprint density at radius 1 is 1.24 bits per heavy atom. The molecule has 1 aromatic heterocycles. The highest BCUT2D eigenvalue weighted by Crippen LogP contribution is 2.20. The van der Waals surface area contributed by atoms with E-state index in [0.29, 0.717) is 37.0 Å². The molecule has 0 saturated carbocycles. The van der Waals surface area contributed by atoms with Crippen molar-refractivity contribution in [1.29, 1.82) is 0 Å². The van der Waals surface area contributed by atoms with Crippen LogP contribution in [0.2, 0.25) is 0 Å². The summed E-state index contributed by atoms with van der Waals surface area (Å²) < 4.78 is 14.0. The maximum absolute atomic E-state index is 14.0. The van der Waals surface area contributed by atoms with Gasteiger partial charge >= 0.3 is 0 Å². The number of halogens is 1. The number of aromatic nitrogens is 1. The first kappa shape index (κ1) is 20.6. The Morgan fingerprint density at radius 2 is 2.07 bits per heavy atom. The Morgan fingerprint density at radius 3 is 2.83 bits per heavy atom. The number of amides is 1. The van der Waals surface area contributed by atoms with Crippen molar-refractivity contribution in [2.24, 2.45) is 4.99 Å². The lowest BCUT2D eigenvalue weighted by Gasteiger charge is -2.20. The van der Waals surface area contributed by atoms with Gasteiger partial charge in [0.15, 0.2) is 17.6 Å². The minimum atomic E-state index is -0.303. The van der Waals surface area contributed by atoms with Crippen molar-refractivity contribution in [3.8, 4) is 0 Å². The zero-order valence-corrected chi connectivity index (χ0v) is 16.6. The van der Waals surface area contributed by atoms with Crippen LogP contribution in [0.5, 0.6) is 0 Å². The minimum Gasteiger partial charge on any atom is -0.357 e. The molecule has 1 fully saturated rings. The summed E-state index contributed by atoms with van der Waals surface area (Å²) in [5.74, 6) is 0.669. The van der Waals surface area contributed by atoms with E-state index < -0.39 is 0 Å². The first-order valence-electron chi connectivity index (χ1n) is 9.91. The maximum Gasteiger partial charge on any atom is 0.251 e. The normalized spacial score (nSPS) is 16.6. The Hall–Kier alpha value is -3.16. The van der Waals surface area contributed by atoms with E-state index in [-0.39, 0.29) is 17.8 Å². The molecule has 154 valence electrons. The van der Waals surface area contributed by atoms with Crippen molar-refractivity contribution >= 4 is 17.7 Å². The SMILES string of the molecule is CCNC(=NCCNC(=O)c1ccccc1)NC1CCN(c2ncccc2F)C1. The summed E-state index contributed by atoms with van der Waals surface area (Å²) in [7, 11) is 0. The number of hydrogen-bond acceptors (Lipinski definition) is 4. The number of guanidine groups is 1. The van der Waals surface area contributed by atoms with Crippen LogP contribution in [0, 0.1) is 5.82 Å². The van der Waals surface area contributed by atoms with Crippen molar-refractivity contribution in [2.45, 2.75) is 19.4 Å². The molecule has 1 amide bonds. The van der Waals surface area contributed by atoms with Gasteiger partial charge in [0.1, 0.15) is 0 Å². The predicted molar refractivity (Wildman–Crippen MR) is 113 cm³/mol. The van der Waals surface area contributed by atoms with Crippen LogP contribution in [0.15, 0.2) is 53.7 Å². The van der Waals surface area contributed by atoms with Gasteiger partial charge in [0.05, 0.1) is 6.54 Å². The largest absolute Gasteiger partial charge is 0.357 e. The topological polar surface area (TPSA) is 81.6 Å². The Balaban J connectivity index is 1.48. The van der Waals surface area contributed by atoms with Crippen LogP contribution in [0.3, 0.4) is 0 Å². The van der Waals surface area contributed by atoms with Gasteiger partial charge in [-0.1, -0.05) is 18.2 Å². The number of anilines is 1. The molecule has 0 radical (unpaired) electrons. The highest BCUT2D eigenvalue weighted by atomic mass is 19.1. The second-order valence-corrected chi connectivity index (χ2v) is 6.77. The molecule has 1 unspecified atom stereocenters. The fourth-order valence-electron chi connectivity index (χ4n) is 3.22. The summed E-state index contributed by atoms with van der Waals surface area (Å²) in [6, 6.07) is 12.3. The highest BCUT2D eigenvalue weighted by Gasteiger charge is 2.25. The number of carbonyl (C=O) groups excluding carboxylic acids is 1. The summed E-state index contributed by atoms with van der Waals surface area (Å²) in [6.45, 7) is 5.02. The summed E-state index contributed by atoms with van der Waals surface area (Å²) >= 11 is 0. The molecule has 1 aliphatic rings. The van der Waals surface area contributed by atoms with E-state index in [1.54, 1.807) is 24.4 Å². The van der Waals surface area contributed by atoms with E-state index >= 15 is 0 Å². The lowest BCUT2D eigenvalue weighted by Crippen LogP contribution is -2.45. The number of nitrogens with one attached hydrogen (secondary N) is 3. The summed E-state index contributed by atoms with van der Waals surface area (Å²) in [5, 5.41) is 9.47. The van der Waals surface area contributed by atoms with Gasteiger partial charge in [-0.2, -0.15) is 0 Å². The smallest absolute Gasteiger partial charge is 0.251 e. The van der Waals surface area contributed by atoms with E-state index in [2.05, 4.69) is 25.9 Å². The quantitative estimate of drug-likeness (QED) is 0.376. The summed E-state index contributed by atoms with van der Waals surface area (Å²) in [6.07, 6.45) is 2.47. The molecule has 3 N–H and O–H groups in total. The molecule has 0 spiro atoms. The molecule has 8 heteroatoms.